The maximum atomic E-state index is 11.1. The van der Waals surface area contributed by atoms with Crippen LogP contribution in [0, 0.1) is 5.92 Å². The number of carbonyl (C=O) groups excluding carboxylic acids is 3. The minimum absolute atomic E-state index is 0.0282. The molecule has 2 N–H and O–H groups in total. The Kier molecular flexibility index (Phi) is 3.42. The molecule has 72 valence electrons. The Morgan fingerprint density at radius 2 is 2.38 bits per heavy atom. The first kappa shape index (κ1) is 9.70. The van der Waals surface area contributed by atoms with E-state index in [-0.39, 0.29) is 11.8 Å². The first-order valence-electron chi connectivity index (χ1n) is 4.20. The SMILES string of the molecule is O=CNC(C=O)CC1CCNC1=O. The summed E-state index contributed by atoms with van der Waals surface area (Å²) in [4.78, 5) is 31.6. The van der Waals surface area contributed by atoms with Gasteiger partial charge >= 0.3 is 0 Å². The predicted molar refractivity (Wildman–Crippen MR) is 44.8 cm³/mol. The largest absolute Gasteiger partial charge is 0.356 e. The molecule has 0 saturated carbocycles. The van der Waals surface area contributed by atoms with Crippen molar-refractivity contribution in [3.63, 3.8) is 0 Å². The molecule has 2 unspecified atom stereocenters. The van der Waals surface area contributed by atoms with Crippen molar-refractivity contribution in [1.29, 1.82) is 0 Å². The molecule has 0 aromatic heterocycles. The van der Waals surface area contributed by atoms with Crippen LogP contribution in [0.15, 0.2) is 0 Å². The van der Waals surface area contributed by atoms with Crippen LogP contribution in [0.4, 0.5) is 0 Å². The number of amides is 2. The van der Waals surface area contributed by atoms with Crippen LogP contribution < -0.4 is 10.6 Å². The fraction of sp³-hybridized carbons (Fsp3) is 0.625. The van der Waals surface area contributed by atoms with E-state index >= 15 is 0 Å². The zero-order valence-corrected chi connectivity index (χ0v) is 7.16. The highest BCUT2D eigenvalue weighted by Gasteiger charge is 2.26. The average Bonchev–Trinajstić information content (AvgIpc) is 2.51. The highest BCUT2D eigenvalue weighted by Crippen LogP contribution is 2.14. The van der Waals surface area contributed by atoms with Gasteiger partial charge in [-0.1, -0.05) is 0 Å². The number of hydrogen-bond acceptors (Lipinski definition) is 3. The van der Waals surface area contributed by atoms with Crippen LogP contribution in [0.3, 0.4) is 0 Å². The lowest BCUT2D eigenvalue weighted by Crippen LogP contribution is -2.33. The lowest BCUT2D eigenvalue weighted by molar-refractivity contribution is -0.123. The van der Waals surface area contributed by atoms with E-state index in [9.17, 15) is 14.4 Å². The lowest BCUT2D eigenvalue weighted by atomic mass is 9.99. The second kappa shape index (κ2) is 4.59. The second-order valence-corrected chi connectivity index (χ2v) is 3.04. The molecule has 0 aromatic carbocycles. The quantitative estimate of drug-likeness (QED) is 0.528. The topological polar surface area (TPSA) is 75.3 Å². The third-order valence-electron chi connectivity index (χ3n) is 2.15. The van der Waals surface area contributed by atoms with Gasteiger partial charge in [-0.2, -0.15) is 0 Å². The minimum atomic E-state index is -0.536. The van der Waals surface area contributed by atoms with E-state index in [1.165, 1.54) is 0 Å². The highest BCUT2D eigenvalue weighted by atomic mass is 16.2. The van der Waals surface area contributed by atoms with Gasteiger partial charge in [-0.3, -0.25) is 9.59 Å². The molecule has 0 bridgehead atoms. The summed E-state index contributed by atoms with van der Waals surface area (Å²) in [6.45, 7) is 0.663. The number of rotatable bonds is 5. The summed E-state index contributed by atoms with van der Waals surface area (Å²) < 4.78 is 0. The zero-order chi connectivity index (χ0) is 9.68. The molecule has 1 rings (SSSR count). The van der Waals surface area contributed by atoms with Crippen LogP contribution in [0.25, 0.3) is 0 Å². The third kappa shape index (κ3) is 2.54. The molecule has 5 heteroatoms. The number of aldehydes is 1. The lowest BCUT2D eigenvalue weighted by Gasteiger charge is -2.11. The van der Waals surface area contributed by atoms with Crippen LogP contribution in [0.1, 0.15) is 12.8 Å². The van der Waals surface area contributed by atoms with Crippen molar-refractivity contribution in [1.82, 2.24) is 10.6 Å². The van der Waals surface area contributed by atoms with Crippen molar-refractivity contribution >= 4 is 18.6 Å². The van der Waals surface area contributed by atoms with Crippen LogP contribution in [-0.4, -0.2) is 31.2 Å². The van der Waals surface area contributed by atoms with Gasteiger partial charge < -0.3 is 15.4 Å². The molecule has 0 aliphatic carbocycles. The molecular weight excluding hydrogens is 172 g/mol. The summed E-state index contributed by atoms with van der Waals surface area (Å²) in [6.07, 6.45) is 2.27. The van der Waals surface area contributed by atoms with Gasteiger partial charge in [0.05, 0.1) is 6.04 Å². The molecule has 2 atom stereocenters. The van der Waals surface area contributed by atoms with Crippen molar-refractivity contribution in [2.24, 2.45) is 5.92 Å². The molecule has 1 aliphatic heterocycles. The van der Waals surface area contributed by atoms with E-state index in [2.05, 4.69) is 10.6 Å². The van der Waals surface area contributed by atoms with E-state index in [1.54, 1.807) is 0 Å². The van der Waals surface area contributed by atoms with Crippen LogP contribution >= 0.6 is 0 Å². The average molecular weight is 184 g/mol. The van der Waals surface area contributed by atoms with Gasteiger partial charge in [0.1, 0.15) is 6.29 Å². The molecule has 0 radical (unpaired) electrons. The summed E-state index contributed by atoms with van der Waals surface area (Å²) in [5, 5.41) is 5.02. The number of hydrogen-bond donors (Lipinski definition) is 2. The molecule has 1 saturated heterocycles. The minimum Gasteiger partial charge on any atom is -0.356 e. The molecule has 1 fully saturated rings. The number of carbonyl (C=O) groups is 3. The van der Waals surface area contributed by atoms with Gasteiger partial charge in [-0.25, -0.2) is 0 Å². The predicted octanol–water partition coefficient (Wildman–Crippen LogP) is -1.17. The van der Waals surface area contributed by atoms with Gasteiger partial charge in [0.2, 0.25) is 12.3 Å². The van der Waals surface area contributed by atoms with Gasteiger partial charge in [0.25, 0.3) is 0 Å². The Hall–Kier alpha value is -1.39. The maximum absolute atomic E-state index is 11.1. The summed E-state index contributed by atoms with van der Waals surface area (Å²) in [7, 11) is 0. The van der Waals surface area contributed by atoms with Crippen molar-refractivity contribution in [2.45, 2.75) is 18.9 Å². The Morgan fingerprint density at radius 1 is 1.62 bits per heavy atom. The van der Waals surface area contributed by atoms with Gasteiger partial charge in [0.15, 0.2) is 0 Å². The van der Waals surface area contributed by atoms with Crippen LogP contribution in [-0.2, 0) is 14.4 Å². The monoisotopic (exact) mass is 184 g/mol. The van der Waals surface area contributed by atoms with Crippen molar-refractivity contribution < 1.29 is 14.4 Å². The molecule has 2 amide bonds. The van der Waals surface area contributed by atoms with Gasteiger partial charge in [-0.15, -0.1) is 0 Å². The van der Waals surface area contributed by atoms with Crippen LogP contribution in [0.2, 0.25) is 0 Å². The number of nitrogens with one attached hydrogen (secondary N) is 2. The summed E-state index contributed by atoms with van der Waals surface area (Å²) in [6, 6.07) is -0.536. The summed E-state index contributed by atoms with van der Waals surface area (Å²) in [5.74, 6) is -0.165. The normalized spacial score (nSPS) is 23.4. The second-order valence-electron chi connectivity index (χ2n) is 3.04. The Labute approximate surface area is 75.9 Å². The molecule has 5 nitrogen and oxygen atoms in total. The van der Waals surface area contributed by atoms with Gasteiger partial charge in [0, 0.05) is 12.5 Å². The zero-order valence-electron chi connectivity index (χ0n) is 7.16. The Balaban J connectivity index is 2.40. The molecule has 1 aliphatic rings. The molecule has 0 aromatic rings. The van der Waals surface area contributed by atoms with E-state index in [1.807, 2.05) is 0 Å². The molecule has 0 spiro atoms. The summed E-state index contributed by atoms with van der Waals surface area (Å²) in [5.41, 5.74) is 0. The van der Waals surface area contributed by atoms with E-state index in [0.29, 0.717) is 25.7 Å². The fourth-order valence-corrected chi connectivity index (χ4v) is 1.43. The first-order valence-corrected chi connectivity index (χ1v) is 4.20. The van der Waals surface area contributed by atoms with Crippen molar-refractivity contribution in [3.8, 4) is 0 Å². The summed E-state index contributed by atoms with van der Waals surface area (Å²) >= 11 is 0. The van der Waals surface area contributed by atoms with Gasteiger partial charge in [-0.05, 0) is 12.8 Å². The molecule has 1 heterocycles. The van der Waals surface area contributed by atoms with Crippen molar-refractivity contribution in [3.05, 3.63) is 0 Å². The first-order chi connectivity index (χ1) is 6.27. The van der Waals surface area contributed by atoms with E-state index in [4.69, 9.17) is 0 Å². The fourth-order valence-electron chi connectivity index (χ4n) is 1.43. The Bertz CT molecular complexity index is 217. The van der Waals surface area contributed by atoms with E-state index < -0.39 is 6.04 Å². The molecular formula is C8H12N2O3. The van der Waals surface area contributed by atoms with Crippen molar-refractivity contribution in [2.75, 3.05) is 6.54 Å². The highest BCUT2D eigenvalue weighted by molar-refractivity contribution is 5.81. The third-order valence-corrected chi connectivity index (χ3v) is 2.15. The standard InChI is InChI=1S/C8H12N2O3/c11-4-7(10-5-12)3-6-1-2-9-8(6)13/h4-7H,1-3H2,(H,9,13)(H,10,12). The van der Waals surface area contributed by atoms with E-state index in [0.717, 1.165) is 6.42 Å². The maximum Gasteiger partial charge on any atom is 0.223 e. The smallest absolute Gasteiger partial charge is 0.223 e. The molecule has 13 heavy (non-hydrogen) atoms. The Morgan fingerprint density at radius 3 is 2.85 bits per heavy atom. The van der Waals surface area contributed by atoms with Crippen LogP contribution in [0.5, 0.6) is 0 Å².